The number of benzene rings is 2. The van der Waals surface area contributed by atoms with Crippen molar-refractivity contribution in [1.29, 1.82) is 0 Å². The molecule has 164 valence electrons. The van der Waals surface area contributed by atoms with E-state index in [1.165, 1.54) is 0 Å². The second-order valence-electron chi connectivity index (χ2n) is 6.94. The van der Waals surface area contributed by atoms with Gasteiger partial charge in [-0.05, 0) is 39.2 Å². The minimum absolute atomic E-state index is 0.263. The highest BCUT2D eigenvalue weighted by Crippen LogP contribution is 2.24. The largest absolute Gasteiger partial charge is 0.371 e. The first-order chi connectivity index (χ1) is 14.6. The van der Waals surface area contributed by atoms with Crippen molar-refractivity contribution >= 4 is 11.7 Å². The van der Waals surface area contributed by atoms with Crippen molar-refractivity contribution in [1.82, 2.24) is 0 Å². The van der Waals surface area contributed by atoms with Crippen LogP contribution in [-0.2, 0) is 4.84 Å². The Labute approximate surface area is 176 Å². The van der Waals surface area contributed by atoms with Crippen LogP contribution >= 0.6 is 0 Å². The van der Waals surface area contributed by atoms with Gasteiger partial charge in [-0.25, -0.2) is 26.7 Å². The molecule has 8 heteroatoms. The maximum atomic E-state index is 13.8. The lowest BCUT2D eigenvalue weighted by atomic mass is 10.0. The normalized spacial score (nSPS) is 12.0. The van der Waals surface area contributed by atoms with Gasteiger partial charge in [0.2, 0.25) is 5.82 Å². The fourth-order valence-corrected chi connectivity index (χ4v) is 2.75. The maximum Gasteiger partial charge on any atom is 0.371 e. The molecular weight excluding hydrogens is 417 g/mol. The first-order valence-corrected chi connectivity index (χ1v) is 9.30. The minimum Gasteiger partial charge on any atom is -0.312 e. The summed E-state index contributed by atoms with van der Waals surface area (Å²) < 4.78 is 67.5. The molecule has 0 radical (unpaired) electrons. The van der Waals surface area contributed by atoms with E-state index in [1.54, 1.807) is 30.3 Å². The number of nitrogens with zero attached hydrogens (tertiary/aromatic N) is 1. The van der Waals surface area contributed by atoms with Crippen molar-refractivity contribution in [3.05, 3.63) is 93.8 Å². The summed E-state index contributed by atoms with van der Waals surface area (Å²) in [5.74, 6) is -13.2. The van der Waals surface area contributed by atoms with E-state index in [9.17, 15) is 26.7 Å². The Hall–Kier alpha value is -3.29. The third-order valence-electron chi connectivity index (χ3n) is 4.12. The van der Waals surface area contributed by atoms with Crippen molar-refractivity contribution in [2.45, 2.75) is 33.6 Å². The summed E-state index contributed by atoms with van der Waals surface area (Å²) in [5.41, 5.74) is 1.25. The Bertz CT molecular complexity index is 1030. The lowest BCUT2D eigenvalue weighted by molar-refractivity contribution is 0.0501. The Balaban J connectivity index is 2.31. The van der Waals surface area contributed by atoms with E-state index in [-0.39, 0.29) is 5.71 Å². The molecule has 0 bridgehead atoms. The number of halogens is 5. The maximum absolute atomic E-state index is 13.8. The topological polar surface area (TPSA) is 38.7 Å². The molecule has 0 unspecified atom stereocenters. The fourth-order valence-electron chi connectivity index (χ4n) is 2.75. The molecule has 0 atom stereocenters. The van der Waals surface area contributed by atoms with Gasteiger partial charge in [0.05, 0.1) is 5.71 Å². The Kier molecular flexibility index (Phi) is 8.24. The zero-order valence-corrected chi connectivity index (χ0v) is 17.1. The van der Waals surface area contributed by atoms with E-state index in [0.717, 1.165) is 11.1 Å². The van der Waals surface area contributed by atoms with Gasteiger partial charge in [0.25, 0.3) is 0 Å². The van der Waals surface area contributed by atoms with Crippen molar-refractivity contribution in [2.75, 3.05) is 0 Å². The van der Waals surface area contributed by atoms with Crippen molar-refractivity contribution < 1.29 is 31.6 Å². The van der Waals surface area contributed by atoms with Gasteiger partial charge in [-0.3, -0.25) is 0 Å². The van der Waals surface area contributed by atoms with E-state index < -0.39 is 40.6 Å². The van der Waals surface area contributed by atoms with Gasteiger partial charge in [0, 0.05) is 0 Å². The van der Waals surface area contributed by atoms with Gasteiger partial charge >= 0.3 is 5.97 Å². The lowest BCUT2D eigenvalue weighted by Gasteiger charge is -2.08. The Morgan fingerprint density at radius 2 is 1.45 bits per heavy atom. The minimum atomic E-state index is -2.36. The highest BCUT2D eigenvalue weighted by Gasteiger charge is 2.31. The first-order valence-electron chi connectivity index (χ1n) is 9.30. The van der Waals surface area contributed by atoms with Crippen molar-refractivity contribution in [3.63, 3.8) is 0 Å². The smallest absolute Gasteiger partial charge is 0.312 e. The zero-order valence-electron chi connectivity index (χ0n) is 17.1. The number of hydrogen-bond donors (Lipinski definition) is 0. The van der Waals surface area contributed by atoms with Gasteiger partial charge in [-0.15, -0.1) is 0 Å². The van der Waals surface area contributed by atoms with E-state index >= 15 is 0 Å². The SMILES string of the molecule is CC(C)=C/C(C)=C\CC/C(=N/OC(=O)c1c(F)c(F)c(F)c(F)c1F)c1ccccc1. The fraction of sp³-hybridized carbons (Fsp3) is 0.217. The quantitative estimate of drug-likeness (QED) is 0.0927. The van der Waals surface area contributed by atoms with Gasteiger partial charge in [0.15, 0.2) is 23.3 Å². The summed E-state index contributed by atoms with van der Waals surface area (Å²) in [6.45, 7) is 5.82. The molecule has 0 amide bonds. The molecule has 2 rings (SSSR count). The third kappa shape index (κ3) is 6.10. The summed E-state index contributed by atoms with van der Waals surface area (Å²) in [6.07, 6.45) is 4.70. The highest BCUT2D eigenvalue weighted by molar-refractivity contribution is 6.01. The Morgan fingerprint density at radius 1 is 0.903 bits per heavy atom. The van der Waals surface area contributed by atoms with Crippen LogP contribution in [0.5, 0.6) is 0 Å². The molecule has 0 aliphatic heterocycles. The van der Waals surface area contributed by atoms with Gasteiger partial charge in [-0.2, -0.15) is 0 Å². The number of carbonyl (C=O) groups excluding carboxylic acids is 1. The number of hydrogen-bond acceptors (Lipinski definition) is 3. The summed E-state index contributed by atoms with van der Waals surface area (Å²) in [7, 11) is 0. The first kappa shape index (κ1) is 24.0. The Morgan fingerprint density at radius 3 is 2.00 bits per heavy atom. The highest BCUT2D eigenvalue weighted by atomic mass is 19.2. The van der Waals surface area contributed by atoms with Crippen LogP contribution in [0.15, 0.2) is 58.8 Å². The number of carbonyl (C=O) groups is 1. The van der Waals surface area contributed by atoms with E-state index in [1.807, 2.05) is 32.9 Å². The summed E-state index contributed by atoms with van der Waals surface area (Å²) in [6, 6.07) is 8.53. The summed E-state index contributed by atoms with van der Waals surface area (Å²) in [4.78, 5) is 16.6. The molecular formula is C23H20F5NO2. The number of allylic oxidation sites excluding steroid dienone is 4. The molecule has 0 saturated heterocycles. The molecule has 0 N–H and O–H groups in total. The second-order valence-corrected chi connectivity index (χ2v) is 6.94. The molecule has 0 aromatic heterocycles. The molecule has 0 saturated carbocycles. The molecule has 31 heavy (non-hydrogen) atoms. The van der Waals surface area contributed by atoms with Crippen molar-refractivity contribution in [3.8, 4) is 0 Å². The molecule has 0 aliphatic carbocycles. The third-order valence-corrected chi connectivity index (χ3v) is 4.12. The van der Waals surface area contributed by atoms with E-state index in [0.29, 0.717) is 18.4 Å². The van der Waals surface area contributed by atoms with Gasteiger partial charge in [0.1, 0.15) is 5.56 Å². The van der Waals surface area contributed by atoms with Crippen LogP contribution in [0.25, 0.3) is 0 Å². The number of oxime groups is 1. The molecule has 0 spiro atoms. The average molecular weight is 437 g/mol. The van der Waals surface area contributed by atoms with E-state index in [2.05, 4.69) is 9.99 Å². The van der Waals surface area contributed by atoms with Crippen LogP contribution in [0.3, 0.4) is 0 Å². The predicted octanol–water partition coefficient (Wildman–Crippen LogP) is 6.64. The van der Waals surface area contributed by atoms with Crippen molar-refractivity contribution in [2.24, 2.45) is 5.16 Å². The van der Waals surface area contributed by atoms with Crippen LogP contribution in [0, 0.1) is 29.1 Å². The molecule has 0 aliphatic rings. The second kappa shape index (κ2) is 10.7. The van der Waals surface area contributed by atoms with Crippen LogP contribution in [0.1, 0.15) is 49.5 Å². The molecule has 0 fully saturated rings. The predicted molar refractivity (Wildman–Crippen MR) is 107 cm³/mol. The van der Waals surface area contributed by atoms with Crippen LogP contribution in [0.4, 0.5) is 22.0 Å². The van der Waals surface area contributed by atoms with E-state index in [4.69, 9.17) is 0 Å². The van der Waals surface area contributed by atoms with Crippen LogP contribution < -0.4 is 0 Å². The zero-order chi connectivity index (χ0) is 23.1. The van der Waals surface area contributed by atoms with Gasteiger partial charge < -0.3 is 4.84 Å². The molecule has 2 aromatic carbocycles. The standard InChI is InChI=1S/C23H20F5NO2/c1-13(2)12-14(3)8-7-11-16(15-9-5-4-6-10-15)29-31-23(30)17-18(24)20(26)22(28)21(27)19(17)25/h4-6,8-10,12H,7,11H2,1-3H3/b14-8-,29-16-. The monoisotopic (exact) mass is 437 g/mol. The summed E-state index contributed by atoms with van der Waals surface area (Å²) in [5, 5.41) is 3.64. The van der Waals surface area contributed by atoms with Crippen LogP contribution in [-0.4, -0.2) is 11.7 Å². The average Bonchev–Trinajstić information content (AvgIpc) is 2.73. The number of rotatable bonds is 7. The molecule has 0 heterocycles. The molecule has 2 aromatic rings. The van der Waals surface area contributed by atoms with Gasteiger partial charge in [-0.1, -0.05) is 58.8 Å². The van der Waals surface area contributed by atoms with Crippen LogP contribution in [0.2, 0.25) is 0 Å². The summed E-state index contributed by atoms with van der Waals surface area (Å²) >= 11 is 0. The lowest BCUT2D eigenvalue weighted by Crippen LogP contribution is -2.14. The molecule has 3 nitrogen and oxygen atoms in total.